The maximum absolute atomic E-state index is 13.4. The molecule has 0 amide bonds. The van der Waals surface area contributed by atoms with Crippen molar-refractivity contribution in [3.63, 3.8) is 0 Å². The van der Waals surface area contributed by atoms with Gasteiger partial charge in [0.1, 0.15) is 0 Å². The molecule has 0 unspecified atom stereocenters. The Morgan fingerprint density at radius 2 is 1.82 bits per heavy atom. The number of aromatic nitrogens is 2. The fraction of sp³-hybridized carbons (Fsp3) is 0.292. The first-order valence-corrected chi connectivity index (χ1v) is 13.8. The molecule has 1 aliphatic rings. The minimum Gasteiger partial charge on any atom is -0.368 e. The first-order valence-electron chi connectivity index (χ1n) is 11.0. The molecule has 0 bridgehead atoms. The summed E-state index contributed by atoms with van der Waals surface area (Å²) in [5, 5.41) is 4.90. The quantitative estimate of drug-likeness (QED) is 0.454. The Labute approximate surface area is 201 Å². The van der Waals surface area contributed by atoms with Crippen LogP contribution in [-0.4, -0.2) is 55.7 Å². The number of thiazole rings is 1. The van der Waals surface area contributed by atoms with E-state index in [-0.39, 0.29) is 5.43 Å². The van der Waals surface area contributed by atoms with E-state index in [1.165, 1.54) is 0 Å². The summed E-state index contributed by atoms with van der Waals surface area (Å²) in [4.78, 5) is 27.2. The molecule has 1 fully saturated rings. The molecule has 176 valence electrons. The summed E-state index contributed by atoms with van der Waals surface area (Å²) in [7, 11) is -3.44. The first kappa shape index (κ1) is 22.7. The molecule has 1 N–H and O–H groups in total. The Morgan fingerprint density at radius 1 is 1.06 bits per heavy atom. The van der Waals surface area contributed by atoms with Gasteiger partial charge in [0.25, 0.3) is 0 Å². The highest BCUT2D eigenvalue weighted by atomic mass is 32.2. The number of pyridine rings is 1. The molecule has 1 saturated heterocycles. The molecular formula is C24H25N5O3S2. The van der Waals surface area contributed by atoms with Gasteiger partial charge in [-0.05, 0) is 36.6 Å². The second-order valence-electron chi connectivity index (χ2n) is 8.59. The van der Waals surface area contributed by atoms with E-state index in [1.54, 1.807) is 29.5 Å². The Balaban J connectivity index is 1.43. The fourth-order valence-electron chi connectivity index (χ4n) is 4.32. The predicted octanol–water partition coefficient (Wildman–Crippen LogP) is 3.21. The molecule has 0 saturated carbocycles. The number of rotatable bonds is 5. The van der Waals surface area contributed by atoms with Crippen LogP contribution in [0.25, 0.3) is 21.7 Å². The van der Waals surface area contributed by atoms with E-state index in [4.69, 9.17) is 0 Å². The van der Waals surface area contributed by atoms with E-state index < -0.39 is 10.0 Å². The van der Waals surface area contributed by atoms with Gasteiger partial charge >= 0.3 is 0 Å². The van der Waals surface area contributed by atoms with E-state index in [1.807, 2.05) is 31.3 Å². The topological polar surface area (TPSA) is 95.5 Å². The lowest BCUT2D eigenvalue weighted by Gasteiger charge is -2.35. The standard InChI is InChI=1S/C24H25N5O3S2/c1-16-26-19(15-33-16)14-28-7-9-29(10-8-28)20-12-22-23(25-13-20)6-4-17-3-5-18(27-34(2,31)32)11-21(17)24(22)30/h3-6,11-13,15,27H,7-10,14H2,1-2H3. The predicted molar refractivity (Wildman–Crippen MR) is 138 cm³/mol. The molecule has 0 spiro atoms. The molecule has 10 heteroatoms. The third-order valence-electron chi connectivity index (χ3n) is 5.96. The second-order valence-corrected chi connectivity index (χ2v) is 11.4. The molecule has 8 nitrogen and oxygen atoms in total. The number of nitrogens with zero attached hydrogens (tertiary/aromatic N) is 4. The van der Waals surface area contributed by atoms with Crippen LogP contribution in [0.1, 0.15) is 10.7 Å². The van der Waals surface area contributed by atoms with Gasteiger partial charge in [0.2, 0.25) is 10.0 Å². The first-order chi connectivity index (χ1) is 16.2. The lowest BCUT2D eigenvalue weighted by Crippen LogP contribution is -2.46. The summed E-state index contributed by atoms with van der Waals surface area (Å²) < 4.78 is 25.7. The number of benzene rings is 1. The largest absolute Gasteiger partial charge is 0.368 e. The molecule has 3 heterocycles. The van der Waals surface area contributed by atoms with Gasteiger partial charge in [-0.25, -0.2) is 13.4 Å². The molecule has 0 aliphatic carbocycles. The van der Waals surface area contributed by atoms with Crippen LogP contribution in [0.15, 0.2) is 52.8 Å². The van der Waals surface area contributed by atoms with Crippen LogP contribution in [0.5, 0.6) is 0 Å². The van der Waals surface area contributed by atoms with Crippen LogP contribution >= 0.6 is 11.3 Å². The molecule has 2 aromatic heterocycles. The summed E-state index contributed by atoms with van der Waals surface area (Å²) in [5.74, 6) is 0. The number of sulfonamides is 1. The van der Waals surface area contributed by atoms with Crippen molar-refractivity contribution in [2.24, 2.45) is 0 Å². The van der Waals surface area contributed by atoms with Crippen LogP contribution in [0.2, 0.25) is 0 Å². The Bertz CT molecular complexity index is 1540. The second kappa shape index (κ2) is 8.94. The van der Waals surface area contributed by atoms with Crippen molar-refractivity contribution >= 4 is 54.4 Å². The molecule has 0 radical (unpaired) electrons. The normalized spacial score (nSPS) is 15.2. The minimum absolute atomic E-state index is 0.168. The average Bonchev–Trinajstić information content (AvgIpc) is 3.15. The van der Waals surface area contributed by atoms with E-state index in [0.717, 1.165) is 60.8 Å². The van der Waals surface area contributed by atoms with Crippen LogP contribution in [0, 0.1) is 6.92 Å². The van der Waals surface area contributed by atoms with Gasteiger partial charge in [0.05, 0.1) is 39.7 Å². The van der Waals surface area contributed by atoms with Crippen LogP contribution < -0.4 is 15.1 Å². The molecule has 2 aromatic carbocycles. The van der Waals surface area contributed by atoms with E-state index in [9.17, 15) is 13.2 Å². The minimum atomic E-state index is -3.44. The number of piperazine rings is 1. The maximum Gasteiger partial charge on any atom is 0.229 e. The monoisotopic (exact) mass is 495 g/mol. The van der Waals surface area contributed by atoms with Gasteiger partial charge in [0, 0.05) is 49.2 Å². The average molecular weight is 496 g/mol. The van der Waals surface area contributed by atoms with Crippen molar-refractivity contribution in [1.82, 2.24) is 14.9 Å². The zero-order valence-electron chi connectivity index (χ0n) is 19.0. The number of aryl methyl sites for hydroxylation is 1. The van der Waals surface area contributed by atoms with Crippen molar-refractivity contribution in [2.45, 2.75) is 13.5 Å². The van der Waals surface area contributed by atoms with Gasteiger partial charge in [-0.3, -0.25) is 19.4 Å². The van der Waals surface area contributed by atoms with Crippen LogP contribution in [0.3, 0.4) is 0 Å². The zero-order chi connectivity index (χ0) is 23.9. The number of anilines is 2. The van der Waals surface area contributed by atoms with Crippen molar-refractivity contribution in [2.75, 3.05) is 42.1 Å². The third kappa shape index (κ3) is 4.89. The maximum atomic E-state index is 13.4. The number of nitrogens with one attached hydrogen (secondary N) is 1. The summed E-state index contributed by atoms with van der Waals surface area (Å²) in [6, 6.07) is 10.6. The molecule has 4 aromatic rings. The summed E-state index contributed by atoms with van der Waals surface area (Å²) in [5.41, 5.74) is 2.84. The summed E-state index contributed by atoms with van der Waals surface area (Å²) in [6.07, 6.45) is 2.91. The Morgan fingerprint density at radius 3 is 2.53 bits per heavy atom. The number of fused-ring (bicyclic) bond motifs is 2. The van der Waals surface area contributed by atoms with Crippen molar-refractivity contribution < 1.29 is 8.42 Å². The van der Waals surface area contributed by atoms with Gasteiger partial charge in [-0.1, -0.05) is 12.1 Å². The lowest BCUT2D eigenvalue weighted by atomic mass is 10.1. The van der Waals surface area contributed by atoms with Crippen LogP contribution in [-0.2, 0) is 16.6 Å². The summed E-state index contributed by atoms with van der Waals surface area (Å²) >= 11 is 1.68. The summed E-state index contributed by atoms with van der Waals surface area (Å²) in [6.45, 7) is 6.37. The number of hydrogen-bond donors (Lipinski definition) is 1. The van der Waals surface area contributed by atoms with Gasteiger partial charge in [-0.2, -0.15) is 0 Å². The number of hydrogen-bond acceptors (Lipinski definition) is 8. The highest BCUT2D eigenvalue weighted by molar-refractivity contribution is 7.92. The highest BCUT2D eigenvalue weighted by Gasteiger charge is 2.19. The lowest BCUT2D eigenvalue weighted by molar-refractivity contribution is 0.247. The van der Waals surface area contributed by atoms with Crippen molar-refractivity contribution in [3.8, 4) is 0 Å². The Hall–Kier alpha value is -3.08. The van der Waals surface area contributed by atoms with E-state index >= 15 is 0 Å². The van der Waals surface area contributed by atoms with Gasteiger partial charge in [0.15, 0.2) is 5.43 Å². The highest BCUT2D eigenvalue weighted by Crippen LogP contribution is 2.23. The smallest absolute Gasteiger partial charge is 0.229 e. The molecular weight excluding hydrogens is 470 g/mol. The third-order valence-corrected chi connectivity index (χ3v) is 7.39. The van der Waals surface area contributed by atoms with Crippen molar-refractivity contribution in [3.05, 3.63) is 68.9 Å². The fourth-order valence-corrected chi connectivity index (χ4v) is 5.47. The Kier molecular flexibility index (Phi) is 5.97. The molecule has 5 rings (SSSR count). The van der Waals surface area contributed by atoms with E-state index in [0.29, 0.717) is 22.0 Å². The molecule has 1 aliphatic heterocycles. The SMILES string of the molecule is Cc1nc(CN2CCN(c3cnc4ccc5ccc(NS(C)(=O)=O)cc5c(=O)c4c3)CC2)cs1. The van der Waals surface area contributed by atoms with E-state index in [2.05, 4.69) is 29.9 Å². The zero-order valence-corrected chi connectivity index (χ0v) is 20.6. The molecule has 34 heavy (non-hydrogen) atoms. The van der Waals surface area contributed by atoms with Crippen molar-refractivity contribution in [1.29, 1.82) is 0 Å². The van der Waals surface area contributed by atoms with Gasteiger partial charge in [-0.15, -0.1) is 11.3 Å². The van der Waals surface area contributed by atoms with Gasteiger partial charge < -0.3 is 4.90 Å². The van der Waals surface area contributed by atoms with Crippen LogP contribution in [0.4, 0.5) is 11.4 Å². The molecule has 0 atom stereocenters.